The molecule has 1 atom stereocenters. The number of anilines is 1. The number of carbonyl (C=O) groups excluding carboxylic acids is 2. The average molecular weight is 390 g/mol. The van der Waals surface area contributed by atoms with Crippen molar-refractivity contribution < 1.29 is 19.1 Å². The molecule has 0 spiro atoms. The lowest BCUT2D eigenvalue weighted by atomic mass is 10.0. The van der Waals surface area contributed by atoms with Gasteiger partial charge >= 0.3 is 6.09 Å². The van der Waals surface area contributed by atoms with Gasteiger partial charge in [0.05, 0.1) is 24.0 Å². The number of nitrogens with zero attached hydrogens (tertiary/aromatic N) is 3. The minimum atomic E-state index is -0.490. The number of nitrogens with one attached hydrogen (secondary N) is 1. The molecule has 1 aromatic heterocycles. The normalized spacial score (nSPS) is 22.9. The molecule has 8 nitrogen and oxygen atoms in total. The van der Waals surface area contributed by atoms with E-state index in [9.17, 15) is 9.59 Å². The minimum Gasteiger partial charge on any atom is -0.444 e. The Morgan fingerprint density at radius 1 is 1.21 bits per heavy atom. The third kappa shape index (κ3) is 5.13. The average Bonchev–Trinajstić information content (AvgIpc) is 3.06. The van der Waals surface area contributed by atoms with E-state index in [0.717, 1.165) is 12.1 Å². The molecule has 2 fully saturated rings. The fourth-order valence-corrected chi connectivity index (χ4v) is 3.28. The molecule has 8 heteroatoms. The third-order valence-corrected chi connectivity index (χ3v) is 4.91. The van der Waals surface area contributed by atoms with Crippen molar-refractivity contribution in [2.75, 3.05) is 44.3 Å². The van der Waals surface area contributed by atoms with Gasteiger partial charge in [0.15, 0.2) is 0 Å². The summed E-state index contributed by atoms with van der Waals surface area (Å²) in [5, 5.41) is 3.01. The van der Waals surface area contributed by atoms with Crippen LogP contribution in [-0.2, 0) is 9.47 Å². The number of aromatic nitrogens is 1. The lowest BCUT2D eigenvalue weighted by Gasteiger charge is -2.36. The Kier molecular flexibility index (Phi) is 5.79. The highest BCUT2D eigenvalue weighted by molar-refractivity contribution is 5.93. The number of carbonyl (C=O) groups is 2. The number of piperazine rings is 1. The first-order valence-electron chi connectivity index (χ1n) is 9.74. The monoisotopic (exact) mass is 390 g/mol. The van der Waals surface area contributed by atoms with Gasteiger partial charge in [0.2, 0.25) is 0 Å². The summed E-state index contributed by atoms with van der Waals surface area (Å²) in [6, 6.07) is 3.64. The largest absolute Gasteiger partial charge is 0.444 e. The van der Waals surface area contributed by atoms with Gasteiger partial charge in [-0.2, -0.15) is 0 Å². The Hall–Kier alpha value is -2.35. The number of hydrogen-bond acceptors (Lipinski definition) is 6. The van der Waals surface area contributed by atoms with Crippen molar-refractivity contribution in [1.29, 1.82) is 0 Å². The van der Waals surface area contributed by atoms with Crippen LogP contribution in [0.15, 0.2) is 18.3 Å². The van der Waals surface area contributed by atoms with Gasteiger partial charge in [-0.15, -0.1) is 0 Å². The maximum atomic E-state index is 12.4. The van der Waals surface area contributed by atoms with Crippen LogP contribution in [-0.4, -0.2) is 72.4 Å². The number of amides is 2. The van der Waals surface area contributed by atoms with Gasteiger partial charge in [-0.1, -0.05) is 0 Å². The molecule has 0 bridgehead atoms. The molecule has 28 heavy (non-hydrogen) atoms. The van der Waals surface area contributed by atoms with Crippen LogP contribution < -0.4 is 10.2 Å². The first-order chi connectivity index (χ1) is 13.2. The molecule has 2 saturated heterocycles. The zero-order chi connectivity index (χ0) is 20.4. The zero-order valence-electron chi connectivity index (χ0n) is 17.2. The summed E-state index contributed by atoms with van der Waals surface area (Å²) in [5.74, 6) is -0.186. The molecule has 1 unspecified atom stereocenters. The summed E-state index contributed by atoms with van der Waals surface area (Å²) in [5.41, 5.74) is 0.520. The Bertz CT molecular complexity index is 700. The standard InChI is InChI=1S/C20H30N4O4/c1-19(2,3)28-18(26)24-10-8-23(9-11-24)15-5-6-16(21-13-15)17(25)22-20(4)7-12-27-14-20/h5-6,13H,7-12,14H2,1-4H3,(H,22,25). The van der Waals surface area contributed by atoms with Crippen LogP contribution in [0.2, 0.25) is 0 Å². The Morgan fingerprint density at radius 2 is 1.93 bits per heavy atom. The van der Waals surface area contributed by atoms with E-state index in [1.165, 1.54) is 0 Å². The third-order valence-electron chi connectivity index (χ3n) is 4.91. The molecule has 154 valence electrons. The Morgan fingerprint density at radius 3 is 2.46 bits per heavy atom. The second kappa shape index (κ2) is 7.95. The molecule has 0 radical (unpaired) electrons. The first-order valence-corrected chi connectivity index (χ1v) is 9.74. The van der Waals surface area contributed by atoms with Crippen LogP contribution in [0.4, 0.5) is 10.5 Å². The van der Waals surface area contributed by atoms with Crippen LogP contribution in [0.25, 0.3) is 0 Å². The van der Waals surface area contributed by atoms with Crippen LogP contribution in [0.1, 0.15) is 44.6 Å². The van der Waals surface area contributed by atoms with Crippen molar-refractivity contribution in [1.82, 2.24) is 15.2 Å². The lowest BCUT2D eigenvalue weighted by Crippen LogP contribution is -2.50. The molecule has 1 aromatic rings. The predicted molar refractivity (Wildman–Crippen MR) is 106 cm³/mol. The van der Waals surface area contributed by atoms with Gasteiger partial charge in [0, 0.05) is 32.8 Å². The van der Waals surface area contributed by atoms with Crippen molar-refractivity contribution in [2.24, 2.45) is 0 Å². The molecular formula is C20H30N4O4. The van der Waals surface area contributed by atoms with Crippen molar-refractivity contribution in [3.05, 3.63) is 24.0 Å². The topological polar surface area (TPSA) is 84.0 Å². The fraction of sp³-hybridized carbons (Fsp3) is 0.650. The molecule has 0 aromatic carbocycles. The second-order valence-corrected chi connectivity index (χ2v) is 8.67. The number of ether oxygens (including phenoxy) is 2. The highest BCUT2D eigenvalue weighted by atomic mass is 16.6. The van der Waals surface area contributed by atoms with Gasteiger partial charge in [-0.05, 0) is 46.2 Å². The van der Waals surface area contributed by atoms with Gasteiger partial charge in [-0.3, -0.25) is 4.79 Å². The van der Waals surface area contributed by atoms with E-state index in [0.29, 0.717) is 45.1 Å². The Balaban J connectivity index is 1.53. The molecule has 1 N–H and O–H groups in total. The van der Waals surface area contributed by atoms with Gasteiger partial charge in [0.1, 0.15) is 11.3 Å². The quantitative estimate of drug-likeness (QED) is 0.850. The summed E-state index contributed by atoms with van der Waals surface area (Å²) in [7, 11) is 0. The van der Waals surface area contributed by atoms with E-state index < -0.39 is 5.60 Å². The summed E-state index contributed by atoms with van der Waals surface area (Å²) >= 11 is 0. The smallest absolute Gasteiger partial charge is 0.410 e. The first kappa shape index (κ1) is 20.4. The fourth-order valence-electron chi connectivity index (χ4n) is 3.28. The summed E-state index contributed by atoms with van der Waals surface area (Å²) in [4.78, 5) is 32.8. The summed E-state index contributed by atoms with van der Waals surface area (Å²) in [6.07, 6.45) is 2.24. The summed E-state index contributed by atoms with van der Waals surface area (Å²) in [6.45, 7) is 11.3. The lowest BCUT2D eigenvalue weighted by molar-refractivity contribution is 0.0240. The zero-order valence-corrected chi connectivity index (χ0v) is 17.2. The van der Waals surface area contributed by atoms with E-state index in [-0.39, 0.29) is 17.5 Å². The van der Waals surface area contributed by atoms with Crippen LogP contribution in [0.5, 0.6) is 0 Å². The minimum absolute atomic E-state index is 0.186. The van der Waals surface area contributed by atoms with Crippen molar-refractivity contribution in [3.8, 4) is 0 Å². The number of rotatable bonds is 3. The molecule has 0 saturated carbocycles. The SMILES string of the molecule is CC1(NC(=O)c2ccc(N3CCN(C(=O)OC(C)(C)C)CC3)cn2)CCOC1. The molecule has 2 amide bonds. The molecule has 3 rings (SSSR count). The molecule has 0 aliphatic carbocycles. The van der Waals surface area contributed by atoms with Crippen LogP contribution in [0.3, 0.4) is 0 Å². The maximum Gasteiger partial charge on any atom is 0.410 e. The number of pyridine rings is 1. The van der Waals surface area contributed by atoms with Gasteiger partial charge < -0.3 is 24.6 Å². The van der Waals surface area contributed by atoms with Crippen LogP contribution in [0, 0.1) is 0 Å². The van der Waals surface area contributed by atoms with Gasteiger partial charge in [0.25, 0.3) is 5.91 Å². The summed E-state index contributed by atoms with van der Waals surface area (Å²) < 4.78 is 10.8. The van der Waals surface area contributed by atoms with Crippen molar-refractivity contribution in [3.63, 3.8) is 0 Å². The molecule has 3 heterocycles. The van der Waals surface area contributed by atoms with Gasteiger partial charge in [-0.25, -0.2) is 9.78 Å². The van der Waals surface area contributed by atoms with Crippen molar-refractivity contribution in [2.45, 2.75) is 45.3 Å². The molecule has 2 aliphatic heterocycles. The van der Waals surface area contributed by atoms with E-state index in [4.69, 9.17) is 9.47 Å². The van der Waals surface area contributed by atoms with Crippen LogP contribution >= 0.6 is 0 Å². The Labute approximate surface area is 166 Å². The second-order valence-electron chi connectivity index (χ2n) is 8.67. The predicted octanol–water partition coefficient (Wildman–Crippen LogP) is 2.05. The highest BCUT2D eigenvalue weighted by Crippen LogP contribution is 2.20. The highest BCUT2D eigenvalue weighted by Gasteiger charge is 2.32. The van der Waals surface area contributed by atoms with E-state index in [1.54, 1.807) is 17.2 Å². The molecule has 2 aliphatic rings. The maximum absolute atomic E-state index is 12.4. The van der Waals surface area contributed by atoms with Crippen molar-refractivity contribution >= 4 is 17.7 Å². The van der Waals surface area contributed by atoms with E-state index in [1.807, 2.05) is 33.8 Å². The molecular weight excluding hydrogens is 360 g/mol. The number of hydrogen-bond donors (Lipinski definition) is 1. The van der Waals surface area contributed by atoms with E-state index >= 15 is 0 Å². The van der Waals surface area contributed by atoms with E-state index in [2.05, 4.69) is 15.2 Å².